The molecule has 4 nitrogen and oxygen atoms in total. The number of ether oxygens (including phenoxy) is 1. The average Bonchev–Trinajstić information content (AvgIpc) is 3.14. The highest BCUT2D eigenvalue weighted by Gasteiger charge is 2.08. The summed E-state index contributed by atoms with van der Waals surface area (Å²) in [5.74, 6) is 1.02. The zero-order valence-electron chi connectivity index (χ0n) is 14.2. The van der Waals surface area contributed by atoms with E-state index in [0.717, 1.165) is 11.3 Å². The van der Waals surface area contributed by atoms with Gasteiger partial charge in [-0.25, -0.2) is 4.39 Å². The molecule has 0 unspecified atom stereocenters. The lowest BCUT2D eigenvalue weighted by atomic mass is 10.1. The van der Waals surface area contributed by atoms with E-state index < -0.39 is 0 Å². The molecule has 0 spiro atoms. The number of benzene rings is 2. The number of nitrogens with one attached hydrogen (secondary N) is 1. The van der Waals surface area contributed by atoms with Crippen molar-refractivity contribution in [2.24, 2.45) is 0 Å². The van der Waals surface area contributed by atoms with Gasteiger partial charge in [0.2, 0.25) is 5.91 Å². The van der Waals surface area contributed by atoms with Crippen molar-refractivity contribution in [3.8, 4) is 17.1 Å². The minimum Gasteiger partial charge on any atom is -0.497 e. The Labute approximate surface area is 150 Å². The van der Waals surface area contributed by atoms with Crippen molar-refractivity contribution >= 4 is 12.0 Å². The van der Waals surface area contributed by atoms with Gasteiger partial charge in [0.15, 0.2) is 0 Å². The second-order valence-electron chi connectivity index (χ2n) is 5.58. The topological polar surface area (TPSA) is 51.5 Å². The van der Waals surface area contributed by atoms with Crippen molar-refractivity contribution in [1.29, 1.82) is 0 Å². The molecule has 132 valence electrons. The molecule has 0 radical (unpaired) electrons. The molecule has 0 saturated carbocycles. The van der Waals surface area contributed by atoms with Gasteiger partial charge in [0.25, 0.3) is 0 Å². The van der Waals surface area contributed by atoms with Gasteiger partial charge in [-0.3, -0.25) is 4.79 Å². The first-order valence-electron chi connectivity index (χ1n) is 8.09. The van der Waals surface area contributed by atoms with E-state index in [1.807, 2.05) is 24.3 Å². The summed E-state index contributed by atoms with van der Waals surface area (Å²) in [7, 11) is 1.60. The van der Waals surface area contributed by atoms with Crippen LogP contribution in [0.15, 0.2) is 71.2 Å². The third-order valence-corrected chi connectivity index (χ3v) is 3.77. The standard InChI is InChI=1S/C21H18FNO3/c1-25-17-6-4-5-15(13-17)14-23-21(24)12-10-16-9-11-20(26-16)18-7-2-3-8-19(18)22/h2-13H,14H2,1H3,(H,23,24)/b12-10+. The zero-order chi connectivity index (χ0) is 18.4. The summed E-state index contributed by atoms with van der Waals surface area (Å²) in [6, 6.07) is 17.2. The number of methoxy groups -OCH3 is 1. The largest absolute Gasteiger partial charge is 0.497 e. The van der Waals surface area contributed by atoms with E-state index in [-0.39, 0.29) is 11.7 Å². The van der Waals surface area contributed by atoms with Gasteiger partial charge in [0.05, 0.1) is 12.7 Å². The fourth-order valence-electron chi connectivity index (χ4n) is 2.44. The molecule has 3 rings (SSSR count). The molecular weight excluding hydrogens is 333 g/mol. The number of hydrogen-bond acceptors (Lipinski definition) is 3. The van der Waals surface area contributed by atoms with Gasteiger partial charge >= 0.3 is 0 Å². The van der Waals surface area contributed by atoms with E-state index >= 15 is 0 Å². The van der Waals surface area contributed by atoms with E-state index in [9.17, 15) is 9.18 Å². The maximum atomic E-state index is 13.8. The van der Waals surface area contributed by atoms with Crippen molar-refractivity contribution in [3.05, 3.63) is 83.9 Å². The summed E-state index contributed by atoms with van der Waals surface area (Å²) in [5, 5.41) is 2.79. The second-order valence-corrected chi connectivity index (χ2v) is 5.58. The molecule has 0 saturated heterocycles. The number of hydrogen-bond donors (Lipinski definition) is 1. The molecule has 2 aromatic carbocycles. The predicted molar refractivity (Wildman–Crippen MR) is 98.0 cm³/mol. The highest BCUT2D eigenvalue weighted by Crippen LogP contribution is 2.25. The summed E-state index contributed by atoms with van der Waals surface area (Å²) < 4.78 is 24.5. The van der Waals surface area contributed by atoms with Crippen LogP contribution in [0.1, 0.15) is 11.3 Å². The Morgan fingerprint density at radius 1 is 1.15 bits per heavy atom. The van der Waals surface area contributed by atoms with E-state index in [2.05, 4.69) is 5.32 Å². The summed E-state index contributed by atoms with van der Waals surface area (Å²) in [6.45, 7) is 0.388. The summed E-state index contributed by atoms with van der Waals surface area (Å²) in [4.78, 5) is 11.9. The van der Waals surface area contributed by atoms with Gasteiger partial charge in [-0.05, 0) is 48.0 Å². The molecule has 0 aliphatic heterocycles. The molecule has 1 heterocycles. The van der Waals surface area contributed by atoms with Crippen molar-refractivity contribution in [3.63, 3.8) is 0 Å². The highest BCUT2D eigenvalue weighted by atomic mass is 19.1. The van der Waals surface area contributed by atoms with Crippen LogP contribution in [0, 0.1) is 5.82 Å². The highest BCUT2D eigenvalue weighted by molar-refractivity contribution is 5.91. The normalized spacial score (nSPS) is 10.8. The number of furan rings is 1. The summed E-state index contributed by atoms with van der Waals surface area (Å²) in [5.41, 5.74) is 1.32. The Hall–Kier alpha value is -3.34. The molecule has 0 aliphatic rings. The fraction of sp³-hybridized carbons (Fsp3) is 0.0952. The lowest BCUT2D eigenvalue weighted by Crippen LogP contribution is -2.20. The van der Waals surface area contributed by atoms with Crippen LogP contribution in [0.4, 0.5) is 4.39 Å². The van der Waals surface area contributed by atoms with Crippen molar-refractivity contribution < 1.29 is 18.3 Å². The van der Waals surface area contributed by atoms with Crippen molar-refractivity contribution in [2.45, 2.75) is 6.54 Å². The Bertz CT molecular complexity index is 930. The van der Waals surface area contributed by atoms with Crippen LogP contribution < -0.4 is 10.1 Å². The minimum atomic E-state index is -0.353. The molecule has 5 heteroatoms. The average molecular weight is 351 g/mol. The number of carbonyl (C=O) groups is 1. The van der Waals surface area contributed by atoms with Crippen molar-refractivity contribution in [1.82, 2.24) is 5.32 Å². The molecule has 0 bridgehead atoms. The lowest BCUT2D eigenvalue weighted by Gasteiger charge is -2.05. The maximum Gasteiger partial charge on any atom is 0.244 e. The summed E-state index contributed by atoms with van der Waals surface area (Å²) >= 11 is 0. The maximum absolute atomic E-state index is 13.8. The van der Waals surface area contributed by atoms with Gasteiger partial charge in [-0.15, -0.1) is 0 Å². The lowest BCUT2D eigenvalue weighted by molar-refractivity contribution is -0.116. The Morgan fingerprint density at radius 3 is 2.81 bits per heavy atom. The van der Waals surface area contributed by atoms with Crippen LogP contribution in [0.25, 0.3) is 17.4 Å². The predicted octanol–water partition coefficient (Wildman–Crippen LogP) is 4.42. The third kappa shape index (κ3) is 4.39. The number of rotatable bonds is 6. The van der Waals surface area contributed by atoms with Gasteiger partial charge < -0.3 is 14.5 Å². The molecule has 3 aromatic rings. The van der Waals surface area contributed by atoms with Crippen LogP contribution >= 0.6 is 0 Å². The molecule has 0 atom stereocenters. The number of amides is 1. The third-order valence-electron chi connectivity index (χ3n) is 3.77. The first-order chi connectivity index (χ1) is 12.7. The molecule has 1 aromatic heterocycles. The van der Waals surface area contributed by atoms with Gasteiger partial charge in [0, 0.05) is 12.6 Å². The smallest absolute Gasteiger partial charge is 0.244 e. The first kappa shape index (κ1) is 17.5. The second kappa shape index (κ2) is 8.16. The van der Waals surface area contributed by atoms with Crippen LogP contribution in [0.2, 0.25) is 0 Å². The fourth-order valence-corrected chi connectivity index (χ4v) is 2.44. The summed E-state index contributed by atoms with van der Waals surface area (Å²) in [6.07, 6.45) is 2.93. The van der Waals surface area contributed by atoms with Crippen LogP contribution in [0.5, 0.6) is 5.75 Å². The zero-order valence-corrected chi connectivity index (χ0v) is 14.2. The van der Waals surface area contributed by atoms with Crippen LogP contribution in [-0.2, 0) is 11.3 Å². The molecule has 1 amide bonds. The van der Waals surface area contributed by atoms with Gasteiger partial charge in [0.1, 0.15) is 23.1 Å². The monoisotopic (exact) mass is 351 g/mol. The van der Waals surface area contributed by atoms with Gasteiger partial charge in [-0.1, -0.05) is 24.3 Å². The van der Waals surface area contributed by atoms with Gasteiger partial charge in [-0.2, -0.15) is 0 Å². The first-order valence-corrected chi connectivity index (χ1v) is 8.09. The SMILES string of the molecule is COc1cccc(CNC(=O)/C=C/c2ccc(-c3ccccc3F)o2)c1. The van der Waals surface area contributed by atoms with Crippen molar-refractivity contribution in [2.75, 3.05) is 7.11 Å². The van der Waals surface area contributed by atoms with Crippen LogP contribution in [0.3, 0.4) is 0 Å². The van der Waals surface area contributed by atoms with E-state index in [4.69, 9.17) is 9.15 Å². The van der Waals surface area contributed by atoms with E-state index in [0.29, 0.717) is 23.6 Å². The Balaban J connectivity index is 1.59. The molecular formula is C21H18FNO3. The molecule has 0 aliphatic carbocycles. The minimum absolute atomic E-state index is 0.253. The van der Waals surface area contributed by atoms with E-state index in [1.54, 1.807) is 43.5 Å². The number of halogens is 1. The Kier molecular flexibility index (Phi) is 5.49. The van der Waals surface area contributed by atoms with E-state index in [1.165, 1.54) is 12.1 Å². The molecule has 1 N–H and O–H groups in total. The molecule has 26 heavy (non-hydrogen) atoms. The van der Waals surface area contributed by atoms with Crippen LogP contribution in [-0.4, -0.2) is 13.0 Å². The quantitative estimate of drug-likeness (QED) is 0.669. The molecule has 0 fully saturated rings. The Morgan fingerprint density at radius 2 is 2.00 bits per heavy atom. The number of carbonyl (C=O) groups excluding carboxylic acids is 1.